The van der Waals surface area contributed by atoms with E-state index in [2.05, 4.69) is 5.32 Å². The minimum Gasteiger partial charge on any atom is -0.345 e. The summed E-state index contributed by atoms with van der Waals surface area (Å²) in [5.74, 6) is -0.356. The molecule has 1 heterocycles. The molecule has 1 amide bonds. The molecule has 1 atom stereocenters. The zero-order chi connectivity index (χ0) is 17.6. The van der Waals surface area contributed by atoms with Gasteiger partial charge in [-0.15, -0.1) is 0 Å². The lowest BCUT2D eigenvalue weighted by molar-refractivity contribution is -0.121. The van der Waals surface area contributed by atoms with Crippen molar-refractivity contribution in [3.05, 3.63) is 92.9 Å². The lowest BCUT2D eigenvalue weighted by atomic mass is 10.0. The molecule has 0 saturated carbocycles. The number of thiophene rings is 1. The lowest BCUT2D eigenvalue weighted by Crippen LogP contribution is -2.29. The molecule has 5 heteroatoms. The van der Waals surface area contributed by atoms with E-state index in [1.165, 1.54) is 12.1 Å². The third kappa shape index (κ3) is 4.91. The lowest BCUT2D eigenvalue weighted by Gasteiger charge is -2.19. The van der Waals surface area contributed by atoms with Gasteiger partial charge in [0, 0.05) is 11.4 Å². The molecule has 0 aliphatic rings. The van der Waals surface area contributed by atoms with E-state index in [1.54, 1.807) is 17.4 Å². The van der Waals surface area contributed by atoms with Crippen LogP contribution in [0.2, 0.25) is 5.02 Å². The van der Waals surface area contributed by atoms with Gasteiger partial charge in [0.2, 0.25) is 5.91 Å². The molecular formula is C20H17ClFNOS. The van der Waals surface area contributed by atoms with Crippen molar-refractivity contribution in [3.63, 3.8) is 0 Å². The van der Waals surface area contributed by atoms with Gasteiger partial charge in [-0.1, -0.05) is 35.9 Å². The van der Waals surface area contributed by atoms with Crippen molar-refractivity contribution in [2.75, 3.05) is 0 Å². The zero-order valence-electron chi connectivity index (χ0n) is 13.4. The van der Waals surface area contributed by atoms with Crippen LogP contribution in [0.25, 0.3) is 0 Å². The van der Waals surface area contributed by atoms with E-state index in [9.17, 15) is 9.18 Å². The van der Waals surface area contributed by atoms with Crippen LogP contribution in [-0.2, 0) is 11.2 Å². The van der Waals surface area contributed by atoms with Gasteiger partial charge in [-0.25, -0.2) is 4.39 Å². The van der Waals surface area contributed by atoms with Crippen LogP contribution in [0.4, 0.5) is 4.39 Å². The minimum atomic E-state index is -0.282. The molecule has 128 valence electrons. The first-order valence-electron chi connectivity index (χ1n) is 7.93. The van der Waals surface area contributed by atoms with E-state index in [1.807, 2.05) is 47.2 Å². The van der Waals surface area contributed by atoms with Gasteiger partial charge in [-0.2, -0.15) is 11.3 Å². The Labute approximate surface area is 155 Å². The highest BCUT2D eigenvalue weighted by molar-refractivity contribution is 7.08. The Morgan fingerprint density at radius 3 is 2.60 bits per heavy atom. The number of aryl methyl sites for hydroxylation is 1. The van der Waals surface area contributed by atoms with E-state index in [4.69, 9.17) is 11.6 Å². The average Bonchev–Trinajstić information content (AvgIpc) is 3.13. The van der Waals surface area contributed by atoms with Crippen LogP contribution >= 0.6 is 22.9 Å². The molecule has 0 aliphatic heterocycles. The summed E-state index contributed by atoms with van der Waals surface area (Å²) in [5, 5.41) is 7.73. The first kappa shape index (κ1) is 17.6. The van der Waals surface area contributed by atoms with Gasteiger partial charge in [0.1, 0.15) is 5.82 Å². The van der Waals surface area contributed by atoms with Crippen LogP contribution in [0, 0.1) is 5.82 Å². The molecule has 1 N–H and O–H groups in total. The van der Waals surface area contributed by atoms with E-state index in [-0.39, 0.29) is 17.8 Å². The third-order valence-electron chi connectivity index (χ3n) is 3.91. The number of nitrogens with one attached hydrogen (secondary N) is 1. The van der Waals surface area contributed by atoms with Crippen LogP contribution in [0.5, 0.6) is 0 Å². The Kier molecular flexibility index (Phi) is 5.84. The molecule has 2 nitrogen and oxygen atoms in total. The summed E-state index contributed by atoms with van der Waals surface area (Å²) in [5.41, 5.74) is 2.82. The van der Waals surface area contributed by atoms with Gasteiger partial charge in [0.15, 0.2) is 0 Å². The Morgan fingerprint density at radius 2 is 1.92 bits per heavy atom. The van der Waals surface area contributed by atoms with Gasteiger partial charge in [0.05, 0.1) is 6.04 Å². The van der Waals surface area contributed by atoms with E-state index in [0.717, 1.165) is 16.7 Å². The van der Waals surface area contributed by atoms with Crippen LogP contribution in [0.15, 0.2) is 65.4 Å². The van der Waals surface area contributed by atoms with Gasteiger partial charge in [0.25, 0.3) is 0 Å². The highest BCUT2D eigenvalue weighted by Crippen LogP contribution is 2.25. The van der Waals surface area contributed by atoms with Gasteiger partial charge in [-0.3, -0.25) is 4.79 Å². The molecule has 0 radical (unpaired) electrons. The SMILES string of the molecule is O=C(CCc1cccc(F)c1)NC(c1ccc(Cl)cc1)c1ccsc1. The molecule has 25 heavy (non-hydrogen) atoms. The van der Waals surface area contributed by atoms with E-state index < -0.39 is 0 Å². The van der Waals surface area contributed by atoms with Crippen molar-refractivity contribution in [1.29, 1.82) is 0 Å². The zero-order valence-corrected chi connectivity index (χ0v) is 15.0. The van der Waals surface area contributed by atoms with Gasteiger partial charge >= 0.3 is 0 Å². The molecule has 1 aromatic heterocycles. The predicted octanol–water partition coefficient (Wildman–Crippen LogP) is 5.38. The summed E-state index contributed by atoms with van der Waals surface area (Å²) >= 11 is 7.55. The monoisotopic (exact) mass is 373 g/mol. The second-order valence-electron chi connectivity index (χ2n) is 5.74. The van der Waals surface area contributed by atoms with Crippen LogP contribution in [0.1, 0.15) is 29.2 Å². The maximum atomic E-state index is 13.2. The number of amides is 1. The third-order valence-corrected chi connectivity index (χ3v) is 4.87. The average molecular weight is 374 g/mol. The summed E-state index contributed by atoms with van der Waals surface area (Å²) in [6.45, 7) is 0. The Hall–Kier alpha value is -2.17. The van der Waals surface area contributed by atoms with E-state index >= 15 is 0 Å². The molecule has 1 unspecified atom stereocenters. The molecule has 0 bridgehead atoms. The minimum absolute atomic E-state index is 0.0737. The highest BCUT2D eigenvalue weighted by atomic mass is 35.5. The van der Waals surface area contributed by atoms with Crippen molar-refractivity contribution in [2.24, 2.45) is 0 Å². The van der Waals surface area contributed by atoms with Crippen LogP contribution < -0.4 is 5.32 Å². The summed E-state index contributed by atoms with van der Waals surface area (Å²) in [7, 11) is 0. The van der Waals surface area contributed by atoms with Crippen molar-refractivity contribution in [3.8, 4) is 0 Å². The number of hydrogen-bond acceptors (Lipinski definition) is 2. The summed E-state index contributed by atoms with van der Waals surface area (Å²) < 4.78 is 13.2. The van der Waals surface area contributed by atoms with E-state index in [0.29, 0.717) is 17.9 Å². The predicted molar refractivity (Wildman–Crippen MR) is 100 cm³/mol. The fourth-order valence-electron chi connectivity index (χ4n) is 2.64. The maximum absolute atomic E-state index is 13.2. The fourth-order valence-corrected chi connectivity index (χ4v) is 3.45. The number of hydrogen-bond donors (Lipinski definition) is 1. The van der Waals surface area contributed by atoms with Crippen molar-refractivity contribution >= 4 is 28.8 Å². The topological polar surface area (TPSA) is 29.1 Å². The number of benzene rings is 2. The first-order chi connectivity index (χ1) is 12.1. The first-order valence-corrected chi connectivity index (χ1v) is 9.25. The smallest absolute Gasteiger partial charge is 0.221 e. The number of carbonyl (C=O) groups is 1. The summed E-state index contributed by atoms with van der Waals surface area (Å²) in [4.78, 5) is 12.4. The Bertz CT molecular complexity index is 833. The Morgan fingerprint density at radius 1 is 1.12 bits per heavy atom. The molecule has 0 aliphatic carbocycles. The van der Waals surface area contributed by atoms with Crippen LogP contribution in [0.3, 0.4) is 0 Å². The van der Waals surface area contributed by atoms with Gasteiger partial charge < -0.3 is 5.32 Å². The van der Waals surface area contributed by atoms with Crippen molar-refractivity contribution < 1.29 is 9.18 Å². The van der Waals surface area contributed by atoms with Gasteiger partial charge in [-0.05, 0) is 64.2 Å². The van der Waals surface area contributed by atoms with Crippen molar-refractivity contribution in [1.82, 2.24) is 5.32 Å². The normalized spacial score (nSPS) is 11.9. The molecule has 3 rings (SSSR count). The summed E-state index contributed by atoms with van der Waals surface area (Å²) in [6, 6.07) is 15.6. The number of rotatable bonds is 6. The number of halogens is 2. The number of carbonyl (C=O) groups excluding carboxylic acids is 1. The molecular weight excluding hydrogens is 357 g/mol. The summed E-state index contributed by atoms with van der Waals surface area (Å²) in [6.07, 6.45) is 0.804. The quantitative estimate of drug-likeness (QED) is 0.617. The van der Waals surface area contributed by atoms with Crippen LogP contribution in [-0.4, -0.2) is 5.91 Å². The molecule has 2 aromatic carbocycles. The largest absolute Gasteiger partial charge is 0.345 e. The second-order valence-corrected chi connectivity index (χ2v) is 6.96. The highest BCUT2D eigenvalue weighted by Gasteiger charge is 2.17. The standard InChI is InChI=1S/C20H17ClFNOS/c21-17-7-5-15(6-8-17)20(16-10-11-25-13-16)23-19(24)9-4-14-2-1-3-18(22)12-14/h1-3,5-8,10-13,20H,4,9H2,(H,23,24). The fraction of sp³-hybridized carbons (Fsp3) is 0.150. The Balaban J connectivity index is 1.69. The maximum Gasteiger partial charge on any atom is 0.221 e. The van der Waals surface area contributed by atoms with Crippen molar-refractivity contribution in [2.45, 2.75) is 18.9 Å². The molecule has 0 fully saturated rings. The molecule has 3 aromatic rings. The second kappa shape index (κ2) is 8.28. The molecule has 0 spiro atoms. The molecule has 0 saturated heterocycles.